The lowest BCUT2D eigenvalue weighted by atomic mass is 10.00. The smallest absolute Gasteiger partial charge is 0.280 e. The highest BCUT2D eigenvalue weighted by atomic mass is 35.5. The van der Waals surface area contributed by atoms with E-state index in [9.17, 15) is 67.3 Å². The fraction of sp³-hybridized carbons (Fsp3) is 0.180. The summed E-state index contributed by atoms with van der Waals surface area (Å²) in [4.78, 5) is 27.2. The van der Waals surface area contributed by atoms with Crippen molar-refractivity contribution in [2.75, 3.05) is 88.5 Å². The average Bonchev–Trinajstić information content (AvgIpc) is 0.981. The Morgan fingerprint density at radius 1 is 0.315 bits per heavy atom. The summed E-state index contributed by atoms with van der Waals surface area (Å²) in [7, 11) is -30.4. The van der Waals surface area contributed by atoms with Crippen LogP contribution in [0.4, 0.5) is 45.5 Å². The Balaban J connectivity index is 0.000000131. The molecule has 0 bridgehead atoms. The van der Waals surface area contributed by atoms with E-state index in [4.69, 9.17) is 21.6 Å². The molecule has 0 radical (unpaired) electrons. The predicted octanol–water partition coefficient (Wildman–Crippen LogP) is 16.3. The molecule has 4 aliphatic rings. The topological polar surface area (TPSA) is 460 Å². The zero-order valence-corrected chi connectivity index (χ0v) is 85.1. The first-order chi connectivity index (χ1) is 68.2. The highest BCUT2D eigenvalue weighted by molar-refractivity contribution is 7.94. The van der Waals surface area contributed by atoms with E-state index in [1.165, 1.54) is 84.0 Å². The summed E-state index contributed by atoms with van der Waals surface area (Å²) in [6.07, 6.45) is 9.52. The number of halogens is 1. The number of sulfonamides is 4. The minimum Gasteiger partial charge on any atom is -0.280 e. The van der Waals surface area contributed by atoms with E-state index in [0.29, 0.717) is 134 Å². The standard InChI is InChI=1S/C26H26N4O4S2.C25H23ClN4O4S2.C25H25N5O4S2.C24H23N5O4S2/c1-18-8-10-21(17-23(18)25-12-9-20-6-3-4-7-24(20)28-25)29-35(31,32)26-13-11-22(16-19(26)2)30-15-5-14-27-36(30,33)34;1-17-7-8-19(15-22(17)25-21-6-3-2-5-18(21)11-13-27-25)29-35(31,32)24-10-9-20(16-23(24)26)30-14-4-12-28-36(30,33)34;1-17-8-9-20(15-22(17)25-26-16-19-6-3-4-7-23(19)28-25)29-35(31,32)24-11-10-21(14-18(24)2)30-13-5-12-27-36(30,33)34;1-17-3-5-19(15-22(17)24-10-4-18-16-25-13-11-23(18)27-24)28-34(30,31)21-8-6-20(7-9-21)29-14-2-12-26-35(29,32)33/h3-4,6-13,16-17,27,29H,5,14-15H2,1-2H3;2-3,5-11,13,15-16,28-29H,4,12,14H2,1H3;3-4,6-11,14-16,27,29H,5,12-13H2,1-2H3;3-11,13,15-16,26,28H,2,12,14H2,1H3. The third kappa shape index (κ3) is 22.7. The Bertz CT molecular complexity index is 8430. The first-order valence-corrected chi connectivity index (χ1v) is 57.1. The maximum absolute atomic E-state index is 13.3. The van der Waals surface area contributed by atoms with Gasteiger partial charge in [-0.3, -0.25) is 46.1 Å². The molecule has 4 aliphatic heterocycles. The van der Waals surface area contributed by atoms with Crippen LogP contribution in [0.15, 0.2) is 305 Å². The van der Waals surface area contributed by atoms with Crippen LogP contribution in [0.5, 0.6) is 0 Å². The molecule has 143 heavy (non-hydrogen) atoms. The van der Waals surface area contributed by atoms with Crippen LogP contribution in [0.3, 0.4) is 0 Å². The Labute approximate surface area is 835 Å². The van der Waals surface area contributed by atoms with Gasteiger partial charge in [0, 0.05) is 144 Å². The monoisotopic (exact) mass is 2100 g/mol. The summed E-state index contributed by atoms with van der Waals surface area (Å²) in [6, 6.07) is 74.9. The minimum atomic E-state index is -4.06. The van der Waals surface area contributed by atoms with Crippen LogP contribution in [0, 0.1) is 41.5 Å². The van der Waals surface area contributed by atoms with Gasteiger partial charge < -0.3 is 0 Å². The number of hydrogen-bond acceptors (Lipinski definition) is 22. The number of rotatable bonds is 20. The summed E-state index contributed by atoms with van der Waals surface area (Å²) < 4.78 is 229. The average molecular weight is 2100 g/mol. The number of benzene rings is 11. The molecular formula is C100H97ClN18O16S8. The summed E-state index contributed by atoms with van der Waals surface area (Å²) in [5, 5.41) is 4.78. The molecule has 20 rings (SSSR count). The second-order valence-electron chi connectivity index (χ2n) is 34.1. The van der Waals surface area contributed by atoms with Crippen LogP contribution >= 0.6 is 11.6 Å². The van der Waals surface area contributed by atoms with E-state index in [2.05, 4.69) is 57.7 Å². The predicted molar refractivity (Wildman–Crippen MR) is 562 cm³/mol. The quantitative estimate of drug-likeness (QED) is 0.0351. The highest BCUT2D eigenvalue weighted by Gasteiger charge is 2.33. The molecule has 0 spiro atoms. The molecule has 4 saturated heterocycles. The van der Waals surface area contributed by atoms with Gasteiger partial charge in [0.1, 0.15) is 4.90 Å². The lowest BCUT2D eigenvalue weighted by Crippen LogP contribution is -2.47. The Hall–Kier alpha value is -13.7. The van der Waals surface area contributed by atoms with Gasteiger partial charge in [0.15, 0.2) is 5.82 Å². The van der Waals surface area contributed by atoms with Gasteiger partial charge in [-0.2, -0.15) is 52.6 Å². The van der Waals surface area contributed by atoms with Crippen molar-refractivity contribution in [2.24, 2.45) is 0 Å². The van der Waals surface area contributed by atoms with Gasteiger partial charge in [-0.25, -0.2) is 53.6 Å². The van der Waals surface area contributed by atoms with Crippen LogP contribution in [-0.4, -0.2) is 150 Å². The van der Waals surface area contributed by atoms with Crippen molar-refractivity contribution in [3.8, 4) is 45.2 Å². The third-order valence-corrected chi connectivity index (χ3v) is 36.6. The largest absolute Gasteiger partial charge is 0.301 e. The summed E-state index contributed by atoms with van der Waals surface area (Å²) in [5.74, 6) is 0.504. The van der Waals surface area contributed by atoms with E-state index in [0.717, 1.165) is 105 Å². The van der Waals surface area contributed by atoms with Crippen LogP contribution in [-0.2, 0) is 80.9 Å². The fourth-order valence-electron chi connectivity index (χ4n) is 16.8. The Kier molecular flexibility index (Phi) is 29.1. The van der Waals surface area contributed by atoms with Crippen molar-refractivity contribution in [1.29, 1.82) is 0 Å². The SMILES string of the molecule is Cc1ccc(NS(=O)(=O)c2ccc(N3CCCNS3(=O)=O)cc2)cc1-c1ccc2cnccc2n1.Cc1ccc(NS(=O)(=O)c2ccc(N3CCCNS3(=O)=O)cc2C)cc1-c1ccc2ccccc2n1.Cc1ccc(NS(=O)(=O)c2ccc(N3CCCNS3(=O)=O)cc2C)cc1-c1ncc2ccccc2n1.Cc1ccc(NS(=O)(=O)c2ccc(N3CCCNS3(=O)=O)cc2Cl)cc1-c1nccc2ccccc12. The molecule has 0 saturated carbocycles. The lowest BCUT2D eigenvalue weighted by molar-refractivity contribution is 0.558. The van der Waals surface area contributed by atoms with Gasteiger partial charge >= 0.3 is 40.8 Å². The molecule has 11 aromatic carbocycles. The fourth-order valence-corrected chi connectivity index (χ4v) is 27.3. The maximum atomic E-state index is 13.3. The van der Waals surface area contributed by atoms with Crippen molar-refractivity contribution in [2.45, 2.75) is 86.8 Å². The molecule has 738 valence electrons. The molecule has 4 fully saturated rings. The molecule has 5 aromatic heterocycles. The van der Waals surface area contributed by atoms with Gasteiger partial charge in [-0.05, 0) is 276 Å². The van der Waals surface area contributed by atoms with Crippen LogP contribution in [0.25, 0.3) is 88.6 Å². The number of para-hydroxylation sites is 2. The number of hydrogen-bond donors (Lipinski definition) is 8. The summed E-state index contributed by atoms with van der Waals surface area (Å²) >= 11 is 6.34. The molecule has 9 heterocycles. The Morgan fingerprint density at radius 3 is 1.17 bits per heavy atom. The van der Waals surface area contributed by atoms with E-state index in [1.54, 1.807) is 99.3 Å². The molecule has 34 nitrogen and oxygen atoms in total. The first-order valence-electron chi connectivity index (χ1n) is 45.0. The number of anilines is 8. The van der Waals surface area contributed by atoms with E-state index in [1.807, 2.05) is 161 Å². The molecule has 0 aliphatic carbocycles. The molecule has 16 aromatic rings. The molecule has 43 heteroatoms. The molecular weight excluding hydrogens is 2000 g/mol. The molecule has 0 atom stereocenters. The molecule has 0 amide bonds. The molecule has 0 unspecified atom stereocenters. The van der Waals surface area contributed by atoms with Crippen LogP contribution in [0.1, 0.15) is 59.1 Å². The summed E-state index contributed by atoms with van der Waals surface area (Å²) in [5.41, 5.74) is 15.6. The van der Waals surface area contributed by atoms with Gasteiger partial charge in [0.2, 0.25) is 0 Å². The van der Waals surface area contributed by atoms with Gasteiger partial charge in [0.25, 0.3) is 40.1 Å². The minimum absolute atomic E-state index is 0.0297. The van der Waals surface area contributed by atoms with Crippen LogP contribution in [0.2, 0.25) is 5.02 Å². The number of nitrogens with zero attached hydrogens (tertiary/aromatic N) is 10. The van der Waals surface area contributed by atoms with Crippen molar-refractivity contribution < 1.29 is 67.3 Å². The second kappa shape index (κ2) is 41.3. The van der Waals surface area contributed by atoms with Crippen LogP contribution < -0.4 is 55.0 Å². The zero-order valence-electron chi connectivity index (χ0n) is 77.8. The van der Waals surface area contributed by atoms with E-state index < -0.39 is 80.9 Å². The van der Waals surface area contributed by atoms with Crippen molar-refractivity contribution in [1.82, 2.24) is 48.8 Å². The van der Waals surface area contributed by atoms with Crippen molar-refractivity contribution in [3.63, 3.8) is 0 Å². The maximum Gasteiger partial charge on any atom is 0.301 e. The molecule has 8 N–H and O–H groups in total. The normalized spacial score (nSPS) is 15.7. The van der Waals surface area contributed by atoms with Gasteiger partial charge in [-0.15, -0.1) is 0 Å². The van der Waals surface area contributed by atoms with Gasteiger partial charge in [0.05, 0.1) is 76.1 Å². The lowest BCUT2D eigenvalue weighted by Gasteiger charge is -2.29. The van der Waals surface area contributed by atoms with Gasteiger partial charge in [-0.1, -0.05) is 103 Å². The van der Waals surface area contributed by atoms with Crippen molar-refractivity contribution >= 4 is 182 Å². The summed E-state index contributed by atoms with van der Waals surface area (Å²) in [6.45, 7) is 13.9. The first kappa shape index (κ1) is 101. The number of fused-ring (bicyclic) bond motifs is 4. The Morgan fingerprint density at radius 2 is 0.692 bits per heavy atom. The van der Waals surface area contributed by atoms with E-state index in [-0.39, 0.29) is 31.1 Å². The third-order valence-electron chi connectivity index (χ3n) is 24.1. The number of aromatic nitrogens is 6. The highest BCUT2D eigenvalue weighted by Crippen LogP contribution is 2.39. The van der Waals surface area contributed by atoms with E-state index >= 15 is 0 Å². The zero-order chi connectivity index (χ0) is 101. The number of nitrogens with one attached hydrogen (secondary N) is 8. The number of pyridine rings is 4. The second-order valence-corrected chi connectivity index (χ2v) is 47.9. The van der Waals surface area contributed by atoms with Crippen molar-refractivity contribution in [3.05, 3.63) is 324 Å². The number of aryl methyl sites for hydroxylation is 6.